The summed E-state index contributed by atoms with van der Waals surface area (Å²) in [5, 5.41) is 6.81. The molecule has 0 spiro atoms. The number of benzene rings is 1. The van der Waals surface area contributed by atoms with E-state index in [9.17, 15) is 4.39 Å². The molecule has 3 nitrogen and oxygen atoms in total. The Kier molecular flexibility index (Phi) is 5.43. The van der Waals surface area contributed by atoms with E-state index in [1.165, 1.54) is 12.1 Å². The first-order valence-corrected chi connectivity index (χ1v) is 6.84. The van der Waals surface area contributed by atoms with Crippen LogP contribution in [0.25, 0.3) is 0 Å². The maximum atomic E-state index is 12.7. The van der Waals surface area contributed by atoms with Crippen molar-refractivity contribution in [3.05, 3.63) is 60.2 Å². The molecule has 2 rings (SSSR count). The second kappa shape index (κ2) is 7.55. The van der Waals surface area contributed by atoms with Gasteiger partial charge in [0.2, 0.25) is 0 Å². The maximum Gasteiger partial charge on any atom is 0.170 e. The van der Waals surface area contributed by atoms with Crippen LogP contribution in [0.2, 0.25) is 0 Å². The highest BCUT2D eigenvalue weighted by molar-refractivity contribution is 7.80. The highest BCUT2D eigenvalue weighted by Gasteiger charge is 1.98. The molecule has 0 aliphatic carbocycles. The Morgan fingerprint density at radius 3 is 2.50 bits per heavy atom. The van der Waals surface area contributed by atoms with Gasteiger partial charge in [0.25, 0.3) is 0 Å². The monoisotopic (exact) mass is 289 g/mol. The van der Waals surface area contributed by atoms with E-state index in [2.05, 4.69) is 15.6 Å². The van der Waals surface area contributed by atoms with Gasteiger partial charge in [-0.25, -0.2) is 4.39 Å². The molecule has 0 fully saturated rings. The van der Waals surface area contributed by atoms with Crippen molar-refractivity contribution in [3.8, 4) is 0 Å². The Balaban J connectivity index is 1.66. The summed E-state index contributed by atoms with van der Waals surface area (Å²) in [4.78, 5) is 3.94. The topological polar surface area (TPSA) is 37.0 Å². The summed E-state index contributed by atoms with van der Waals surface area (Å²) in [7, 11) is 0. The zero-order chi connectivity index (χ0) is 14.2. The number of rotatable bonds is 5. The first kappa shape index (κ1) is 14.4. The van der Waals surface area contributed by atoms with Crippen LogP contribution >= 0.6 is 12.2 Å². The molecule has 0 unspecified atom stereocenters. The van der Waals surface area contributed by atoms with Gasteiger partial charge < -0.3 is 10.6 Å². The van der Waals surface area contributed by atoms with Crippen molar-refractivity contribution in [1.29, 1.82) is 0 Å². The number of nitrogens with zero attached hydrogens (tertiary/aromatic N) is 1. The number of pyridine rings is 1. The summed E-state index contributed by atoms with van der Waals surface area (Å²) in [6.07, 6.45) is 5.24. The van der Waals surface area contributed by atoms with Crippen molar-refractivity contribution in [2.45, 2.75) is 12.8 Å². The molecule has 0 aliphatic heterocycles. The molecule has 104 valence electrons. The molecule has 1 aromatic carbocycles. The van der Waals surface area contributed by atoms with E-state index in [4.69, 9.17) is 12.2 Å². The van der Waals surface area contributed by atoms with Crippen LogP contribution in [-0.2, 0) is 6.42 Å². The van der Waals surface area contributed by atoms with Gasteiger partial charge >= 0.3 is 0 Å². The van der Waals surface area contributed by atoms with Crippen molar-refractivity contribution < 1.29 is 4.39 Å². The summed E-state index contributed by atoms with van der Waals surface area (Å²) >= 11 is 5.19. The molecule has 0 amide bonds. The smallest absolute Gasteiger partial charge is 0.170 e. The SMILES string of the molecule is Fc1ccc(CCCNC(=S)Nc2ccncc2)cc1. The Morgan fingerprint density at radius 2 is 1.80 bits per heavy atom. The lowest BCUT2D eigenvalue weighted by atomic mass is 10.1. The minimum atomic E-state index is -0.199. The number of thiocarbonyl (C=S) groups is 1. The molecule has 2 aromatic rings. The van der Waals surface area contributed by atoms with E-state index in [0.29, 0.717) is 5.11 Å². The van der Waals surface area contributed by atoms with Gasteiger partial charge in [-0.3, -0.25) is 4.98 Å². The first-order valence-electron chi connectivity index (χ1n) is 6.43. The molecule has 0 aliphatic rings. The van der Waals surface area contributed by atoms with Crippen LogP contribution in [0, 0.1) is 5.82 Å². The molecular formula is C15H16FN3S. The molecule has 5 heteroatoms. The molecule has 20 heavy (non-hydrogen) atoms. The minimum absolute atomic E-state index is 0.199. The number of aromatic nitrogens is 1. The van der Waals surface area contributed by atoms with Crippen LogP contribution in [-0.4, -0.2) is 16.6 Å². The van der Waals surface area contributed by atoms with E-state index in [1.807, 2.05) is 24.3 Å². The molecule has 2 N–H and O–H groups in total. The number of aryl methyl sites for hydroxylation is 1. The van der Waals surface area contributed by atoms with Gasteiger partial charge in [0.15, 0.2) is 5.11 Å². The predicted octanol–water partition coefficient (Wildman–Crippen LogP) is 3.14. The lowest BCUT2D eigenvalue weighted by Gasteiger charge is -2.10. The van der Waals surface area contributed by atoms with Crippen molar-refractivity contribution in [2.24, 2.45) is 0 Å². The fraction of sp³-hybridized carbons (Fsp3) is 0.200. The second-order valence-corrected chi connectivity index (χ2v) is 4.76. The largest absolute Gasteiger partial charge is 0.362 e. The number of halogens is 1. The van der Waals surface area contributed by atoms with E-state index in [-0.39, 0.29) is 5.82 Å². The van der Waals surface area contributed by atoms with Gasteiger partial charge in [-0.1, -0.05) is 12.1 Å². The lowest BCUT2D eigenvalue weighted by Crippen LogP contribution is -2.29. The zero-order valence-corrected chi connectivity index (χ0v) is 11.8. The molecule has 0 saturated heterocycles. The third-order valence-electron chi connectivity index (χ3n) is 2.78. The quantitative estimate of drug-likeness (QED) is 0.655. The zero-order valence-electron chi connectivity index (χ0n) is 11.0. The summed E-state index contributed by atoms with van der Waals surface area (Å²) in [6.45, 7) is 0.772. The van der Waals surface area contributed by atoms with Crippen LogP contribution in [0.15, 0.2) is 48.8 Å². The highest BCUT2D eigenvalue weighted by atomic mass is 32.1. The van der Waals surface area contributed by atoms with Gasteiger partial charge in [0.05, 0.1) is 0 Å². The predicted molar refractivity (Wildman–Crippen MR) is 83.2 cm³/mol. The number of hydrogen-bond acceptors (Lipinski definition) is 2. The average Bonchev–Trinajstić information content (AvgIpc) is 2.46. The standard InChI is InChI=1S/C15H16FN3S/c16-13-5-3-12(4-6-13)2-1-9-18-15(20)19-14-7-10-17-11-8-14/h3-8,10-11H,1-2,9H2,(H2,17,18,19,20). The first-order chi connectivity index (χ1) is 9.74. The Labute approximate surface area is 123 Å². The van der Waals surface area contributed by atoms with Gasteiger partial charge in [-0.2, -0.15) is 0 Å². The van der Waals surface area contributed by atoms with E-state index >= 15 is 0 Å². The van der Waals surface area contributed by atoms with E-state index < -0.39 is 0 Å². The summed E-state index contributed by atoms with van der Waals surface area (Å²) in [6, 6.07) is 10.3. The van der Waals surface area contributed by atoms with Crippen molar-refractivity contribution >= 4 is 23.0 Å². The molecule has 0 atom stereocenters. The third kappa shape index (κ3) is 4.93. The van der Waals surface area contributed by atoms with Crippen LogP contribution in [0.1, 0.15) is 12.0 Å². The molecule has 0 bridgehead atoms. The molecule has 0 radical (unpaired) electrons. The van der Waals surface area contributed by atoms with Gasteiger partial charge in [0.1, 0.15) is 5.82 Å². The van der Waals surface area contributed by atoms with Crippen LogP contribution in [0.5, 0.6) is 0 Å². The second-order valence-electron chi connectivity index (χ2n) is 4.35. The van der Waals surface area contributed by atoms with Gasteiger partial charge in [-0.15, -0.1) is 0 Å². The molecule has 1 heterocycles. The molecular weight excluding hydrogens is 273 g/mol. The normalized spacial score (nSPS) is 10.1. The third-order valence-corrected chi connectivity index (χ3v) is 3.03. The Hall–Kier alpha value is -2.01. The van der Waals surface area contributed by atoms with E-state index in [0.717, 1.165) is 30.6 Å². The number of hydrogen-bond donors (Lipinski definition) is 2. The summed E-state index contributed by atoms with van der Waals surface area (Å²) in [5.74, 6) is -0.199. The van der Waals surface area contributed by atoms with E-state index in [1.54, 1.807) is 12.4 Å². The number of nitrogens with one attached hydrogen (secondary N) is 2. The van der Waals surface area contributed by atoms with Crippen LogP contribution in [0.3, 0.4) is 0 Å². The lowest BCUT2D eigenvalue weighted by molar-refractivity contribution is 0.626. The Morgan fingerprint density at radius 1 is 1.10 bits per heavy atom. The Bertz CT molecular complexity index is 543. The van der Waals surface area contributed by atoms with Gasteiger partial charge in [0, 0.05) is 24.6 Å². The van der Waals surface area contributed by atoms with Crippen molar-refractivity contribution in [2.75, 3.05) is 11.9 Å². The molecule has 0 saturated carbocycles. The minimum Gasteiger partial charge on any atom is -0.362 e. The highest BCUT2D eigenvalue weighted by Crippen LogP contribution is 2.05. The van der Waals surface area contributed by atoms with Crippen molar-refractivity contribution in [3.63, 3.8) is 0 Å². The van der Waals surface area contributed by atoms with Crippen molar-refractivity contribution in [1.82, 2.24) is 10.3 Å². The fourth-order valence-corrected chi connectivity index (χ4v) is 1.98. The number of anilines is 1. The summed E-state index contributed by atoms with van der Waals surface area (Å²) < 4.78 is 12.7. The summed E-state index contributed by atoms with van der Waals surface area (Å²) in [5.41, 5.74) is 2.04. The van der Waals surface area contributed by atoms with Gasteiger partial charge in [-0.05, 0) is 54.9 Å². The maximum absolute atomic E-state index is 12.7. The van der Waals surface area contributed by atoms with Crippen LogP contribution < -0.4 is 10.6 Å². The fourth-order valence-electron chi connectivity index (χ4n) is 1.76. The average molecular weight is 289 g/mol. The van der Waals surface area contributed by atoms with Crippen LogP contribution in [0.4, 0.5) is 10.1 Å². The molecule has 1 aromatic heterocycles.